The summed E-state index contributed by atoms with van der Waals surface area (Å²) in [5, 5.41) is 12.6. The van der Waals surface area contributed by atoms with Crippen molar-refractivity contribution in [2.24, 2.45) is 5.92 Å². The molecule has 0 radical (unpaired) electrons. The average molecular weight is 261 g/mol. The SMILES string of the molecule is CC(C#N)Cn1cc(I)cn1. The predicted molar refractivity (Wildman–Crippen MR) is 49.7 cm³/mol. The third-order valence-corrected chi connectivity index (χ3v) is 1.84. The van der Waals surface area contributed by atoms with Gasteiger partial charge in [-0.1, -0.05) is 0 Å². The first-order valence-electron chi connectivity index (χ1n) is 3.30. The fourth-order valence-electron chi connectivity index (χ4n) is 0.760. The average Bonchev–Trinajstić information content (AvgIpc) is 2.35. The smallest absolute Gasteiger partial charge is 0.0672 e. The molecule has 58 valence electrons. The fourth-order valence-corrected chi connectivity index (χ4v) is 1.21. The van der Waals surface area contributed by atoms with E-state index in [1.54, 1.807) is 10.9 Å². The molecule has 0 saturated heterocycles. The summed E-state index contributed by atoms with van der Waals surface area (Å²) in [6, 6.07) is 2.16. The van der Waals surface area contributed by atoms with Gasteiger partial charge in [0.05, 0.1) is 28.3 Å². The van der Waals surface area contributed by atoms with Crippen molar-refractivity contribution in [2.75, 3.05) is 0 Å². The molecule has 4 heteroatoms. The van der Waals surface area contributed by atoms with E-state index in [9.17, 15) is 0 Å². The maximum Gasteiger partial charge on any atom is 0.0672 e. The van der Waals surface area contributed by atoms with E-state index in [0.29, 0.717) is 6.54 Å². The first kappa shape index (κ1) is 8.53. The van der Waals surface area contributed by atoms with Gasteiger partial charge in [-0.2, -0.15) is 10.4 Å². The van der Waals surface area contributed by atoms with Gasteiger partial charge in [0.25, 0.3) is 0 Å². The summed E-state index contributed by atoms with van der Waals surface area (Å²) in [6.45, 7) is 2.56. The van der Waals surface area contributed by atoms with Crippen LogP contribution in [0.4, 0.5) is 0 Å². The highest BCUT2D eigenvalue weighted by molar-refractivity contribution is 14.1. The Morgan fingerprint density at radius 1 is 1.91 bits per heavy atom. The second-order valence-corrected chi connectivity index (χ2v) is 3.66. The Hall–Kier alpha value is -0.570. The van der Waals surface area contributed by atoms with E-state index in [1.807, 2.05) is 13.1 Å². The molecule has 0 saturated carbocycles. The van der Waals surface area contributed by atoms with E-state index in [-0.39, 0.29) is 5.92 Å². The van der Waals surface area contributed by atoms with Crippen LogP contribution in [0.2, 0.25) is 0 Å². The Kier molecular flexibility index (Phi) is 2.88. The van der Waals surface area contributed by atoms with Gasteiger partial charge in [0.15, 0.2) is 0 Å². The third-order valence-electron chi connectivity index (χ3n) is 1.28. The van der Waals surface area contributed by atoms with Gasteiger partial charge >= 0.3 is 0 Å². The molecule has 3 nitrogen and oxygen atoms in total. The minimum Gasteiger partial charge on any atom is -0.270 e. The molecule has 1 unspecified atom stereocenters. The van der Waals surface area contributed by atoms with E-state index in [4.69, 9.17) is 5.26 Å². The minimum absolute atomic E-state index is 0.0331. The Bertz CT molecular complexity index is 273. The summed E-state index contributed by atoms with van der Waals surface area (Å²) in [4.78, 5) is 0. The number of hydrogen-bond donors (Lipinski definition) is 0. The monoisotopic (exact) mass is 261 g/mol. The maximum atomic E-state index is 8.51. The van der Waals surface area contributed by atoms with Gasteiger partial charge in [-0.3, -0.25) is 4.68 Å². The molecule has 1 aromatic heterocycles. The van der Waals surface area contributed by atoms with Crippen LogP contribution in [0, 0.1) is 20.8 Å². The summed E-state index contributed by atoms with van der Waals surface area (Å²) >= 11 is 2.19. The zero-order valence-corrected chi connectivity index (χ0v) is 8.32. The second kappa shape index (κ2) is 3.72. The van der Waals surface area contributed by atoms with Crippen LogP contribution in [-0.4, -0.2) is 9.78 Å². The molecule has 0 bridgehead atoms. The summed E-state index contributed by atoms with van der Waals surface area (Å²) in [5.74, 6) is 0.0331. The number of hydrogen-bond acceptors (Lipinski definition) is 2. The third kappa shape index (κ3) is 2.50. The number of halogens is 1. The zero-order valence-electron chi connectivity index (χ0n) is 6.16. The van der Waals surface area contributed by atoms with Gasteiger partial charge in [0.2, 0.25) is 0 Å². The Labute approximate surface area is 79.2 Å². The van der Waals surface area contributed by atoms with Crippen molar-refractivity contribution < 1.29 is 0 Å². The van der Waals surface area contributed by atoms with E-state index < -0.39 is 0 Å². The minimum atomic E-state index is 0.0331. The van der Waals surface area contributed by atoms with Crippen molar-refractivity contribution in [2.45, 2.75) is 13.5 Å². The first-order chi connectivity index (χ1) is 5.22. The molecule has 1 heterocycles. The largest absolute Gasteiger partial charge is 0.270 e. The lowest BCUT2D eigenvalue weighted by molar-refractivity contribution is 0.528. The van der Waals surface area contributed by atoms with E-state index >= 15 is 0 Å². The van der Waals surface area contributed by atoms with Crippen LogP contribution in [0.3, 0.4) is 0 Å². The molecular weight excluding hydrogens is 253 g/mol. The Balaban J connectivity index is 2.59. The lowest BCUT2D eigenvalue weighted by Gasteiger charge is -2.00. The van der Waals surface area contributed by atoms with Gasteiger partial charge in [-0.25, -0.2) is 0 Å². The Morgan fingerprint density at radius 3 is 3.09 bits per heavy atom. The van der Waals surface area contributed by atoms with Crippen molar-refractivity contribution in [1.29, 1.82) is 5.26 Å². The van der Waals surface area contributed by atoms with Crippen molar-refractivity contribution >= 4 is 22.6 Å². The molecule has 1 atom stereocenters. The molecule has 1 aromatic rings. The molecule has 0 N–H and O–H groups in total. The molecule has 0 aliphatic heterocycles. The van der Waals surface area contributed by atoms with Gasteiger partial charge in [-0.15, -0.1) is 0 Å². The standard InChI is InChI=1S/C7H8IN3/c1-6(2-9)4-11-5-7(8)3-10-11/h3,5-6H,4H2,1H3. The van der Waals surface area contributed by atoms with Crippen LogP contribution in [0.1, 0.15) is 6.92 Å². The van der Waals surface area contributed by atoms with Crippen LogP contribution < -0.4 is 0 Å². The number of rotatable bonds is 2. The number of aromatic nitrogens is 2. The molecule has 0 aliphatic rings. The molecule has 0 amide bonds. The predicted octanol–water partition coefficient (Wildman–Crippen LogP) is 1.65. The molecule has 0 aromatic carbocycles. The topological polar surface area (TPSA) is 41.6 Å². The van der Waals surface area contributed by atoms with E-state index in [0.717, 1.165) is 3.57 Å². The Morgan fingerprint density at radius 2 is 2.64 bits per heavy atom. The first-order valence-corrected chi connectivity index (χ1v) is 4.38. The summed E-state index contributed by atoms with van der Waals surface area (Å²) in [5.41, 5.74) is 0. The highest BCUT2D eigenvalue weighted by Gasteiger charge is 2.01. The fraction of sp³-hybridized carbons (Fsp3) is 0.429. The summed E-state index contributed by atoms with van der Waals surface area (Å²) in [6.07, 6.45) is 3.71. The van der Waals surface area contributed by atoms with Crippen LogP contribution in [0.5, 0.6) is 0 Å². The van der Waals surface area contributed by atoms with Crippen molar-refractivity contribution in [3.05, 3.63) is 16.0 Å². The van der Waals surface area contributed by atoms with Crippen molar-refractivity contribution in [3.63, 3.8) is 0 Å². The second-order valence-electron chi connectivity index (χ2n) is 2.41. The van der Waals surface area contributed by atoms with Crippen LogP contribution in [0.15, 0.2) is 12.4 Å². The molecular formula is C7H8IN3. The highest BCUT2D eigenvalue weighted by Crippen LogP contribution is 2.03. The molecule has 1 rings (SSSR count). The van der Waals surface area contributed by atoms with Crippen molar-refractivity contribution in [1.82, 2.24) is 9.78 Å². The van der Waals surface area contributed by atoms with Crippen molar-refractivity contribution in [3.8, 4) is 6.07 Å². The summed E-state index contributed by atoms with van der Waals surface area (Å²) < 4.78 is 2.89. The summed E-state index contributed by atoms with van der Waals surface area (Å²) in [7, 11) is 0. The normalized spacial score (nSPS) is 12.5. The van der Waals surface area contributed by atoms with E-state index in [2.05, 4.69) is 33.8 Å². The van der Waals surface area contributed by atoms with Gasteiger partial charge in [0.1, 0.15) is 0 Å². The molecule has 11 heavy (non-hydrogen) atoms. The van der Waals surface area contributed by atoms with Gasteiger partial charge < -0.3 is 0 Å². The zero-order chi connectivity index (χ0) is 8.27. The number of nitriles is 1. The lowest BCUT2D eigenvalue weighted by atomic mass is 10.2. The molecule has 0 spiro atoms. The van der Waals surface area contributed by atoms with E-state index in [1.165, 1.54) is 0 Å². The molecule has 0 fully saturated rings. The van der Waals surface area contributed by atoms with Crippen LogP contribution in [0.25, 0.3) is 0 Å². The van der Waals surface area contributed by atoms with Crippen LogP contribution >= 0.6 is 22.6 Å². The molecule has 0 aliphatic carbocycles. The van der Waals surface area contributed by atoms with Gasteiger partial charge in [0, 0.05) is 6.20 Å². The quantitative estimate of drug-likeness (QED) is 0.759. The van der Waals surface area contributed by atoms with Gasteiger partial charge in [-0.05, 0) is 29.5 Å². The van der Waals surface area contributed by atoms with Crippen LogP contribution in [-0.2, 0) is 6.54 Å². The maximum absolute atomic E-state index is 8.51. The lowest BCUT2D eigenvalue weighted by Crippen LogP contribution is -2.05. The highest BCUT2D eigenvalue weighted by atomic mass is 127. The number of nitrogens with zero attached hydrogens (tertiary/aromatic N) is 3.